The highest BCUT2D eigenvalue weighted by molar-refractivity contribution is 7.92. The standard InChI is InChI=1S/C19H18ClNO5S/c1-19-10-15(14-8-5-12(25-2)9-16(14)26-19)17(18(22)21-19)27(23,24)13-6-3-11(20)4-7-13/h3-9,15,17H,10H2,1-2H3,(H,21,22)/t15-,17-,19+/m1/s1. The van der Waals surface area contributed by atoms with Crippen molar-refractivity contribution in [1.82, 2.24) is 5.32 Å². The van der Waals surface area contributed by atoms with Crippen LogP contribution in [0.2, 0.25) is 5.02 Å². The number of piperidine rings is 1. The first-order chi connectivity index (χ1) is 12.7. The van der Waals surface area contributed by atoms with E-state index in [1.807, 2.05) is 0 Å². The summed E-state index contributed by atoms with van der Waals surface area (Å²) in [5, 5.41) is 1.91. The number of hydrogen-bond donors (Lipinski definition) is 1. The van der Waals surface area contributed by atoms with Gasteiger partial charge in [0.15, 0.2) is 20.8 Å². The van der Waals surface area contributed by atoms with Crippen LogP contribution in [-0.2, 0) is 14.6 Å². The van der Waals surface area contributed by atoms with Crippen molar-refractivity contribution >= 4 is 27.3 Å². The number of fused-ring (bicyclic) bond motifs is 4. The number of nitrogens with one attached hydrogen (secondary N) is 1. The van der Waals surface area contributed by atoms with Crippen LogP contribution in [-0.4, -0.2) is 32.4 Å². The Bertz CT molecular complexity index is 1020. The zero-order valence-corrected chi connectivity index (χ0v) is 16.3. The van der Waals surface area contributed by atoms with E-state index in [-0.39, 0.29) is 4.90 Å². The lowest BCUT2D eigenvalue weighted by molar-refractivity contribution is -0.132. The third-order valence-corrected chi connectivity index (χ3v) is 7.45. The first kappa shape index (κ1) is 18.1. The zero-order chi connectivity index (χ0) is 19.4. The molecule has 6 nitrogen and oxygen atoms in total. The van der Waals surface area contributed by atoms with E-state index in [9.17, 15) is 13.2 Å². The third kappa shape index (κ3) is 2.95. The van der Waals surface area contributed by atoms with E-state index in [0.717, 1.165) is 0 Å². The summed E-state index contributed by atoms with van der Waals surface area (Å²) in [4.78, 5) is 12.9. The van der Waals surface area contributed by atoms with E-state index in [1.54, 1.807) is 32.2 Å². The number of methoxy groups -OCH3 is 1. The van der Waals surface area contributed by atoms with Crippen LogP contribution < -0.4 is 14.8 Å². The molecule has 2 aromatic carbocycles. The predicted octanol–water partition coefficient (Wildman–Crippen LogP) is 2.90. The van der Waals surface area contributed by atoms with Crippen molar-refractivity contribution in [2.75, 3.05) is 7.11 Å². The molecule has 1 fully saturated rings. The van der Waals surface area contributed by atoms with Crippen molar-refractivity contribution in [3.05, 3.63) is 53.1 Å². The number of rotatable bonds is 3. The van der Waals surface area contributed by atoms with Gasteiger partial charge in [0.2, 0.25) is 5.91 Å². The lowest BCUT2D eigenvalue weighted by Gasteiger charge is -2.46. The minimum atomic E-state index is -3.92. The minimum absolute atomic E-state index is 0.0669. The number of ether oxygens (including phenoxy) is 2. The molecule has 27 heavy (non-hydrogen) atoms. The topological polar surface area (TPSA) is 81.7 Å². The maximum absolute atomic E-state index is 13.3. The fraction of sp³-hybridized carbons (Fsp3) is 0.316. The Morgan fingerprint density at radius 3 is 2.59 bits per heavy atom. The molecule has 8 heteroatoms. The van der Waals surface area contributed by atoms with Crippen molar-refractivity contribution in [3.8, 4) is 11.5 Å². The SMILES string of the molecule is COc1ccc2c(c1)O[C@@]1(C)C[C@H]2[C@@H](S(=O)(=O)c2ccc(Cl)cc2)C(=O)N1. The van der Waals surface area contributed by atoms with Gasteiger partial charge in [0.1, 0.15) is 11.5 Å². The molecule has 2 heterocycles. The molecule has 2 bridgehead atoms. The number of benzene rings is 2. The average molecular weight is 408 g/mol. The van der Waals surface area contributed by atoms with Gasteiger partial charge in [0, 0.05) is 23.4 Å². The van der Waals surface area contributed by atoms with Crippen molar-refractivity contribution < 1.29 is 22.7 Å². The maximum atomic E-state index is 13.3. The Balaban J connectivity index is 1.84. The third-order valence-electron chi connectivity index (χ3n) is 5.05. The summed E-state index contributed by atoms with van der Waals surface area (Å²) in [5.74, 6) is 0.0226. The van der Waals surface area contributed by atoms with Gasteiger partial charge in [-0.1, -0.05) is 17.7 Å². The maximum Gasteiger partial charge on any atom is 0.242 e. The molecular weight excluding hydrogens is 390 g/mol. The quantitative estimate of drug-likeness (QED) is 0.846. The van der Waals surface area contributed by atoms with Gasteiger partial charge < -0.3 is 14.8 Å². The summed E-state index contributed by atoms with van der Waals surface area (Å²) in [7, 11) is -2.38. The Morgan fingerprint density at radius 2 is 1.93 bits per heavy atom. The smallest absolute Gasteiger partial charge is 0.242 e. The van der Waals surface area contributed by atoms with Gasteiger partial charge >= 0.3 is 0 Å². The van der Waals surface area contributed by atoms with E-state index < -0.39 is 32.6 Å². The number of carbonyl (C=O) groups is 1. The second-order valence-electron chi connectivity index (χ2n) is 6.96. The predicted molar refractivity (Wildman–Crippen MR) is 100.0 cm³/mol. The Kier molecular flexibility index (Phi) is 4.12. The van der Waals surface area contributed by atoms with Crippen LogP contribution in [0.5, 0.6) is 11.5 Å². The van der Waals surface area contributed by atoms with E-state index in [0.29, 0.717) is 28.5 Å². The highest BCUT2D eigenvalue weighted by Crippen LogP contribution is 2.48. The van der Waals surface area contributed by atoms with Crippen LogP contribution >= 0.6 is 11.6 Å². The van der Waals surface area contributed by atoms with E-state index in [1.165, 1.54) is 24.3 Å². The van der Waals surface area contributed by atoms with Crippen LogP contribution in [0.25, 0.3) is 0 Å². The van der Waals surface area contributed by atoms with Crippen molar-refractivity contribution in [3.63, 3.8) is 0 Å². The van der Waals surface area contributed by atoms with Crippen LogP contribution in [0.15, 0.2) is 47.4 Å². The molecule has 2 aliphatic rings. The van der Waals surface area contributed by atoms with Gasteiger partial charge in [0.05, 0.1) is 12.0 Å². The highest BCUT2D eigenvalue weighted by atomic mass is 35.5. The highest BCUT2D eigenvalue weighted by Gasteiger charge is 2.54. The van der Waals surface area contributed by atoms with Crippen molar-refractivity contribution in [2.45, 2.75) is 35.1 Å². The van der Waals surface area contributed by atoms with Crippen molar-refractivity contribution in [2.24, 2.45) is 0 Å². The number of carbonyl (C=O) groups excluding carboxylic acids is 1. The monoisotopic (exact) mass is 407 g/mol. The first-order valence-corrected chi connectivity index (χ1v) is 10.3. The molecule has 1 saturated heterocycles. The van der Waals surface area contributed by atoms with Crippen LogP contribution in [0.4, 0.5) is 0 Å². The number of hydrogen-bond acceptors (Lipinski definition) is 5. The molecule has 142 valence electrons. The van der Waals surface area contributed by atoms with Crippen molar-refractivity contribution in [1.29, 1.82) is 0 Å². The van der Waals surface area contributed by atoms with Crippen LogP contribution in [0, 0.1) is 0 Å². The second kappa shape index (κ2) is 6.14. The molecule has 0 saturated carbocycles. The molecular formula is C19H18ClNO5S. The second-order valence-corrected chi connectivity index (χ2v) is 9.46. The minimum Gasteiger partial charge on any atom is -0.497 e. The van der Waals surface area contributed by atoms with Gasteiger partial charge in [0.25, 0.3) is 0 Å². The Morgan fingerprint density at radius 1 is 1.22 bits per heavy atom. The normalized spacial score (nSPS) is 26.6. The van der Waals surface area contributed by atoms with Crippen LogP contribution in [0.3, 0.4) is 0 Å². The van der Waals surface area contributed by atoms with Gasteiger partial charge in [-0.15, -0.1) is 0 Å². The molecule has 2 aliphatic heterocycles. The van der Waals surface area contributed by atoms with E-state index in [2.05, 4.69) is 5.32 Å². The molecule has 0 radical (unpaired) electrons. The van der Waals surface area contributed by atoms with Gasteiger partial charge in [-0.05, 0) is 42.8 Å². The lowest BCUT2D eigenvalue weighted by atomic mass is 9.81. The molecule has 1 N–H and O–H groups in total. The first-order valence-electron chi connectivity index (χ1n) is 8.42. The fourth-order valence-corrected chi connectivity index (χ4v) is 5.79. The molecule has 1 amide bonds. The summed E-state index contributed by atoms with van der Waals surface area (Å²) in [5.41, 5.74) is -0.279. The number of amides is 1. The summed E-state index contributed by atoms with van der Waals surface area (Å²) in [6.07, 6.45) is 0.357. The zero-order valence-electron chi connectivity index (χ0n) is 14.7. The summed E-state index contributed by atoms with van der Waals surface area (Å²) in [6, 6.07) is 11.1. The molecule has 4 rings (SSSR count). The molecule has 0 spiro atoms. The average Bonchev–Trinajstić information content (AvgIpc) is 2.60. The molecule has 0 unspecified atom stereocenters. The summed E-state index contributed by atoms with van der Waals surface area (Å²) in [6.45, 7) is 1.74. The number of sulfone groups is 1. The number of halogens is 1. The lowest BCUT2D eigenvalue weighted by Crippen LogP contribution is -2.63. The van der Waals surface area contributed by atoms with E-state index >= 15 is 0 Å². The molecule has 2 aromatic rings. The molecule has 0 aromatic heterocycles. The van der Waals surface area contributed by atoms with Crippen LogP contribution in [0.1, 0.15) is 24.8 Å². The van der Waals surface area contributed by atoms with Gasteiger partial charge in [-0.2, -0.15) is 0 Å². The Labute approximate surface area is 162 Å². The largest absolute Gasteiger partial charge is 0.497 e. The van der Waals surface area contributed by atoms with Gasteiger partial charge in [-0.3, -0.25) is 4.79 Å². The summed E-state index contributed by atoms with van der Waals surface area (Å²) < 4.78 is 37.7. The van der Waals surface area contributed by atoms with Gasteiger partial charge in [-0.25, -0.2) is 8.42 Å². The summed E-state index contributed by atoms with van der Waals surface area (Å²) >= 11 is 5.87. The fourth-order valence-electron chi connectivity index (χ4n) is 3.84. The van der Waals surface area contributed by atoms with E-state index in [4.69, 9.17) is 21.1 Å². The Hall–Kier alpha value is -2.25. The molecule has 0 aliphatic carbocycles. The molecule has 3 atom stereocenters.